The Hall–Kier alpha value is -1.11. The fourth-order valence-corrected chi connectivity index (χ4v) is 4.35. The lowest BCUT2D eigenvalue weighted by molar-refractivity contribution is -0.0118. The van der Waals surface area contributed by atoms with Crippen LogP contribution >= 0.6 is 0 Å². The number of hydrogen-bond donors (Lipinski definition) is 0. The summed E-state index contributed by atoms with van der Waals surface area (Å²) in [6.07, 6.45) is 2.84. The van der Waals surface area contributed by atoms with Crippen molar-refractivity contribution in [2.75, 3.05) is 31.2 Å². The fraction of sp³-hybridized carbons (Fsp3) is 0.737. The second-order valence-electron chi connectivity index (χ2n) is 8.53. The Bertz CT molecular complexity index is 656. The van der Waals surface area contributed by atoms with Crippen LogP contribution in [0.15, 0.2) is 12.3 Å². The summed E-state index contributed by atoms with van der Waals surface area (Å²) in [5.41, 5.74) is 1.60. The quantitative estimate of drug-likeness (QED) is 0.787. The molecular formula is C19H29BN2O3. The van der Waals surface area contributed by atoms with E-state index in [1.165, 1.54) is 5.56 Å². The molecule has 0 aliphatic carbocycles. The number of anilines is 1. The van der Waals surface area contributed by atoms with Crippen molar-refractivity contribution in [1.29, 1.82) is 0 Å². The molecule has 25 heavy (non-hydrogen) atoms. The first-order valence-corrected chi connectivity index (χ1v) is 9.48. The van der Waals surface area contributed by atoms with Gasteiger partial charge in [-0.1, -0.05) is 13.0 Å². The Morgan fingerprint density at radius 2 is 1.88 bits per heavy atom. The molecule has 3 atom stereocenters. The van der Waals surface area contributed by atoms with E-state index in [0.29, 0.717) is 11.8 Å². The number of pyridine rings is 1. The predicted octanol–water partition coefficient (Wildman–Crippen LogP) is 2.16. The monoisotopic (exact) mass is 344 g/mol. The van der Waals surface area contributed by atoms with Crippen LogP contribution in [-0.2, 0) is 14.0 Å². The number of rotatable bonds is 3. The normalized spacial score (nSPS) is 34.0. The first kappa shape index (κ1) is 17.3. The van der Waals surface area contributed by atoms with Crippen LogP contribution in [0.25, 0.3) is 0 Å². The van der Waals surface area contributed by atoms with Gasteiger partial charge in [0.1, 0.15) is 5.82 Å². The summed E-state index contributed by atoms with van der Waals surface area (Å²) in [5.74, 6) is 2.41. The Morgan fingerprint density at radius 1 is 1.20 bits per heavy atom. The van der Waals surface area contributed by atoms with Crippen molar-refractivity contribution < 1.29 is 14.0 Å². The number of fused-ring (bicyclic) bond motifs is 1. The van der Waals surface area contributed by atoms with Gasteiger partial charge < -0.3 is 18.9 Å². The molecule has 0 amide bonds. The van der Waals surface area contributed by atoms with Crippen molar-refractivity contribution in [2.45, 2.75) is 52.2 Å². The van der Waals surface area contributed by atoms with Crippen LogP contribution in [-0.4, -0.2) is 49.6 Å². The zero-order chi connectivity index (χ0) is 17.8. The number of aryl methyl sites for hydroxylation is 1. The van der Waals surface area contributed by atoms with Crippen molar-refractivity contribution in [2.24, 2.45) is 11.8 Å². The molecule has 1 aromatic rings. The molecule has 1 unspecified atom stereocenters. The van der Waals surface area contributed by atoms with Crippen molar-refractivity contribution >= 4 is 18.4 Å². The maximum absolute atomic E-state index is 6.29. The molecular weight excluding hydrogens is 315 g/mol. The summed E-state index contributed by atoms with van der Waals surface area (Å²) in [6, 6.07) is 2.18. The molecule has 136 valence electrons. The zero-order valence-corrected chi connectivity index (χ0v) is 16.0. The van der Waals surface area contributed by atoms with Gasteiger partial charge in [-0.3, -0.25) is 0 Å². The molecule has 0 N–H and O–H groups in total. The van der Waals surface area contributed by atoms with Gasteiger partial charge in [-0.25, -0.2) is 4.98 Å². The van der Waals surface area contributed by atoms with Gasteiger partial charge >= 0.3 is 7.12 Å². The van der Waals surface area contributed by atoms with Gasteiger partial charge in [0, 0.05) is 36.6 Å². The highest BCUT2D eigenvalue weighted by molar-refractivity contribution is 6.62. The summed E-state index contributed by atoms with van der Waals surface area (Å²) in [5, 5.41) is 0. The molecule has 0 aromatic carbocycles. The van der Waals surface area contributed by atoms with E-state index in [9.17, 15) is 0 Å². The Balaban J connectivity index is 1.53. The third-order valence-electron chi connectivity index (χ3n) is 6.60. The molecule has 3 fully saturated rings. The SMILES string of the molecule is CCC1(C)OB(c2cnc(N3C[C@H]4COC[C@H]4C3)c(C)c2)OC1(C)C. The van der Waals surface area contributed by atoms with E-state index in [1.54, 1.807) is 0 Å². The minimum Gasteiger partial charge on any atom is -0.399 e. The number of hydrogen-bond acceptors (Lipinski definition) is 5. The Labute approximate surface area is 151 Å². The molecule has 0 radical (unpaired) electrons. The standard InChI is InChI=1S/C19H29BN2O3/c1-6-19(5)18(3,4)24-20(25-19)16-7-13(2)17(21-8-16)22-9-14-11-23-12-15(14)10-22/h7-8,14-15H,6,9-12H2,1-5H3/t14-,15+,19?. The lowest BCUT2D eigenvalue weighted by Crippen LogP contribution is -2.44. The Morgan fingerprint density at radius 3 is 2.44 bits per heavy atom. The smallest absolute Gasteiger partial charge is 0.399 e. The third kappa shape index (κ3) is 2.79. The number of nitrogens with zero attached hydrogens (tertiary/aromatic N) is 2. The topological polar surface area (TPSA) is 43.8 Å². The van der Waals surface area contributed by atoms with Crippen molar-refractivity contribution in [3.63, 3.8) is 0 Å². The summed E-state index contributed by atoms with van der Waals surface area (Å²) in [6.45, 7) is 14.5. The largest absolute Gasteiger partial charge is 0.496 e. The zero-order valence-electron chi connectivity index (χ0n) is 16.0. The molecule has 3 saturated heterocycles. The van der Waals surface area contributed by atoms with Crippen LogP contribution in [0.5, 0.6) is 0 Å². The van der Waals surface area contributed by atoms with Gasteiger partial charge in [0.15, 0.2) is 0 Å². The highest BCUT2D eigenvalue weighted by atomic mass is 16.7. The maximum atomic E-state index is 6.29. The summed E-state index contributed by atoms with van der Waals surface area (Å²) >= 11 is 0. The highest BCUT2D eigenvalue weighted by Crippen LogP contribution is 2.39. The molecule has 4 heterocycles. The molecule has 6 heteroatoms. The van der Waals surface area contributed by atoms with Crippen molar-refractivity contribution in [3.05, 3.63) is 17.8 Å². The number of ether oxygens (including phenoxy) is 1. The summed E-state index contributed by atoms with van der Waals surface area (Å²) in [4.78, 5) is 7.19. The van der Waals surface area contributed by atoms with Crippen LogP contribution in [0.2, 0.25) is 0 Å². The second-order valence-corrected chi connectivity index (χ2v) is 8.53. The predicted molar refractivity (Wildman–Crippen MR) is 99.3 cm³/mol. The molecule has 3 aliphatic heterocycles. The van der Waals surface area contributed by atoms with Crippen LogP contribution in [0.3, 0.4) is 0 Å². The van der Waals surface area contributed by atoms with Gasteiger partial charge in [0.2, 0.25) is 0 Å². The summed E-state index contributed by atoms with van der Waals surface area (Å²) < 4.78 is 18.1. The molecule has 4 rings (SSSR count). The minimum absolute atomic E-state index is 0.281. The first-order valence-electron chi connectivity index (χ1n) is 9.48. The molecule has 0 spiro atoms. The van der Waals surface area contributed by atoms with Crippen LogP contribution in [0.1, 0.15) is 39.7 Å². The number of aromatic nitrogens is 1. The van der Waals surface area contributed by atoms with Crippen molar-refractivity contribution in [3.8, 4) is 0 Å². The van der Waals surface area contributed by atoms with E-state index in [2.05, 4.69) is 45.6 Å². The van der Waals surface area contributed by atoms with Crippen LogP contribution < -0.4 is 10.4 Å². The molecule has 5 nitrogen and oxygen atoms in total. The maximum Gasteiger partial charge on any atom is 0.496 e. The van der Waals surface area contributed by atoms with Gasteiger partial charge in [0.25, 0.3) is 0 Å². The molecule has 3 aliphatic rings. The van der Waals surface area contributed by atoms with E-state index >= 15 is 0 Å². The van der Waals surface area contributed by atoms with E-state index in [-0.39, 0.29) is 18.3 Å². The highest BCUT2D eigenvalue weighted by Gasteiger charge is 2.53. The van der Waals surface area contributed by atoms with E-state index in [4.69, 9.17) is 19.0 Å². The van der Waals surface area contributed by atoms with Crippen LogP contribution in [0.4, 0.5) is 5.82 Å². The third-order valence-corrected chi connectivity index (χ3v) is 6.60. The average molecular weight is 344 g/mol. The molecule has 0 bridgehead atoms. The van der Waals surface area contributed by atoms with Crippen molar-refractivity contribution in [1.82, 2.24) is 4.98 Å². The second kappa shape index (κ2) is 5.97. The summed E-state index contributed by atoms with van der Waals surface area (Å²) in [7, 11) is -0.341. The fourth-order valence-electron chi connectivity index (χ4n) is 4.35. The average Bonchev–Trinajstić information content (AvgIpc) is 3.20. The molecule has 1 aromatic heterocycles. The van der Waals surface area contributed by atoms with Gasteiger partial charge in [0.05, 0.1) is 24.4 Å². The Kier molecular flexibility index (Phi) is 4.13. The van der Waals surface area contributed by atoms with Crippen LogP contribution in [0, 0.1) is 18.8 Å². The van der Waals surface area contributed by atoms with E-state index in [0.717, 1.165) is 44.0 Å². The van der Waals surface area contributed by atoms with Gasteiger partial charge in [-0.05, 0) is 39.7 Å². The lowest BCUT2D eigenvalue weighted by atomic mass is 9.79. The first-order chi connectivity index (χ1) is 11.8. The van der Waals surface area contributed by atoms with Gasteiger partial charge in [-0.15, -0.1) is 0 Å². The van der Waals surface area contributed by atoms with E-state index < -0.39 is 0 Å². The van der Waals surface area contributed by atoms with E-state index in [1.807, 2.05) is 6.20 Å². The lowest BCUT2D eigenvalue weighted by Gasteiger charge is -2.35. The molecule has 0 saturated carbocycles. The minimum atomic E-state index is -0.341. The van der Waals surface area contributed by atoms with Gasteiger partial charge in [-0.2, -0.15) is 0 Å².